The Hall–Kier alpha value is -0.890. The fourth-order valence-electron chi connectivity index (χ4n) is 3.52. The Kier molecular flexibility index (Phi) is 5.20. The van der Waals surface area contributed by atoms with E-state index in [4.69, 9.17) is 0 Å². The number of nitrogens with one attached hydrogen (secondary N) is 1. The van der Waals surface area contributed by atoms with E-state index in [0.717, 1.165) is 23.0 Å². The van der Waals surface area contributed by atoms with Crippen LogP contribution in [0, 0.1) is 30.5 Å². The molecule has 2 heteroatoms. The number of hydrogen-bond acceptors (Lipinski definition) is 1. The SMILES string of the molecule is Cc1ccc(F)c(CNC2CC(C)CCC2C(C)C)c1. The lowest BCUT2D eigenvalue weighted by Gasteiger charge is -2.38. The van der Waals surface area contributed by atoms with Gasteiger partial charge in [-0.15, -0.1) is 0 Å². The van der Waals surface area contributed by atoms with Crippen molar-refractivity contribution in [1.29, 1.82) is 0 Å². The maximum atomic E-state index is 13.8. The van der Waals surface area contributed by atoms with Crippen molar-refractivity contribution >= 4 is 0 Å². The Morgan fingerprint density at radius 2 is 2.05 bits per heavy atom. The zero-order valence-electron chi connectivity index (χ0n) is 13.2. The van der Waals surface area contributed by atoms with E-state index in [0.29, 0.717) is 18.5 Å². The Labute approximate surface area is 123 Å². The number of benzene rings is 1. The standard InChI is InChI=1S/C18H28FN/c1-12(2)16-7-5-14(4)10-18(16)20-11-15-9-13(3)6-8-17(15)19/h6,8-9,12,14,16,18,20H,5,7,10-11H2,1-4H3. The topological polar surface area (TPSA) is 12.0 Å². The summed E-state index contributed by atoms with van der Waals surface area (Å²) in [5, 5.41) is 3.63. The highest BCUT2D eigenvalue weighted by Crippen LogP contribution is 2.33. The molecule has 0 amide bonds. The Bertz CT molecular complexity index is 441. The van der Waals surface area contributed by atoms with Crippen molar-refractivity contribution in [2.24, 2.45) is 17.8 Å². The van der Waals surface area contributed by atoms with Gasteiger partial charge in [-0.05, 0) is 43.6 Å². The maximum Gasteiger partial charge on any atom is 0.127 e. The molecule has 1 nitrogen and oxygen atoms in total. The molecule has 1 aliphatic rings. The molecule has 0 heterocycles. The summed E-state index contributed by atoms with van der Waals surface area (Å²) in [6, 6.07) is 5.89. The van der Waals surface area contributed by atoms with Crippen LogP contribution in [0.4, 0.5) is 4.39 Å². The van der Waals surface area contributed by atoms with Gasteiger partial charge in [-0.2, -0.15) is 0 Å². The number of hydrogen-bond donors (Lipinski definition) is 1. The number of aryl methyl sites for hydroxylation is 1. The zero-order valence-corrected chi connectivity index (χ0v) is 13.2. The Morgan fingerprint density at radius 1 is 1.30 bits per heavy atom. The summed E-state index contributed by atoms with van der Waals surface area (Å²) in [7, 11) is 0. The van der Waals surface area contributed by atoms with Gasteiger partial charge in [-0.3, -0.25) is 0 Å². The van der Waals surface area contributed by atoms with Crippen LogP contribution >= 0.6 is 0 Å². The number of rotatable bonds is 4. The van der Waals surface area contributed by atoms with E-state index in [2.05, 4.69) is 26.1 Å². The number of halogens is 1. The first-order chi connectivity index (χ1) is 9.47. The molecular formula is C18H28FN. The van der Waals surface area contributed by atoms with Crippen LogP contribution in [0.25, 0.3) is 0 Å². The third-order valence-electron chi connectivity index (χ3n) is 4.78. The molecule has 0 spiro atoms. The summed E-state index contributed by atoms with van der Waals surface area (Å²) in [6.45, 7) is 9.61. The van der Waals surface area contributed by atoms with Gasteiger partial charge in [0, 0.05) is 18.2 Å². The molecule has 1 aromatic rings. The third-order valence-corrected chi connectivity index (χ3v) is 4.78. The van der Waals surface area contributed by atoms with Gasteiger partial charge >= 0.3 is 0 Å². The van der Waals surface area contributed by atoms with Crippen LogP contribution in [0.3, 0.4) is 0 Å². The van der Waals surface area contributed by atoms with Crippen LogP contribution < -0.4 is 5.32 Å². The molecule has 3 atom stereocenters. The van der Waals surface area contributed by atoms with Crippen molar-refractivity contribution in [3.8, 4) is 0 Å². The molecule has 0 bridgehead atoms. The Balaban J connectivity index is 2.01. The molecule has 2 rings (SSSR count). The predicted octanol–water partition coefficient (Wildman–Crippen LogP) is 4.68. The van der Waals surface area contributed by atoms with Crippen LogP contribution in [0.5, 0.6) is 0 Å². The molecule has 1 aromatic carbocycles. The van der Waals surface area contributed by atoms with Gasteiger partial charge in [-0.1, -0.05) is 44.9 Å². The van der Waals surface area contributed by atoms with Crippen LogP contribution in [0.15, 0.2) is 18.2 Å². The van der Waals surface area contributed by atoms with Gasteiger partial charge in [-0.25, -0.2) is 4.39 Å². The van der Waals surface area contributed by atoms with Crippen molar-refractivity contribution in [3.05, 3.63) is 35.1 Å². The highest BCUT2D eigenvalue weighted by Gasteiger charge is 2.30. The highest BCUT2D eigenvalue weighted by molar-refractivity contribution is 5.24. The second-order valence-corrected chi connectivity index (χ2v) is 6.91. The molecule has 1 aliphatic carbocycles. The summed E-state index contributed by atoms with van der Waals surface area (Å²) in [6.07, 6.45) is 3.85. The second kappa shape index (κ2) is 6.71. The molecule has 0 radical (unpaired) electrons. The summed E-state index contributed by atoms with van der Waals surface area (Å²) >= 11 is 0. The van der Waals surface area contributed by atoms with Gasteiger partial charge in [0.15, 0.2) is 0 Å². The minimum Gasteiger partial charge on any atom is -0.310 e. The minimum atomic E-state index is -0.0898. The van der Waals surface area contributed by atoms with Crippen molar-refractivity contribution in [2.45, 2.75) is 59.5 Å². The molecule has 20 heavy (non-hydrogen) atoms. The normalized spacial score (nSPS) is 27.0. The van der Waals surface area contributed by atoms with Crippen LogP contribution in [-0.4, -0.2) is 6.04 Å². The largest absolute Gasteiger partial charge is 0.310 e. The first kappa shape index (κ1) is 15.5. The molecule has 3 unspecified atom stereocenters. The summed E-state index contributed by atoms with van der Waals surface area (Å²) in [5.41, 5.74) is 1.92. The highest BCUT2D eigenvalue weighted by atomic mass is 19.1. The fraction of sp³-hybridized carbons (Fsp3) is 0.667. The van der Waals surface area contributed by atoms with E-state index < -0.39 is 0 Å². The van der Waals surface area contributed by atoms with Gasteiger partial charge < -0.3 is 5.32 Å². The minimum absolute atomic E-state index is 0.0898. The second-order valence-electron chi connectivity index (χ2n) is 6.91. The van der Waals surface area contributed by atoms with E-state index in [9.17, 15) is 4.39 Å². The molecule has 0 saturated heterocycles. The van der Waals surface area contributed by atoms with Crippen molar-refractivity contribution in [1.82, 2.24) is 5.32 Å². The summed E-state index contributed by atoms with van der Waals surface area (Å²) in [4.78, 5) is 0. The fourth-order valence-corrected chi connectivity index (χ4v) is 3.52. The molecule has 1 saturated carbocycles. The smallest absolute Gasteiger partial charge is 0.127 e. The predicted molar refractivity (Wildman–Crippen MR) is 83.1 cm³/mol. The molecule has 0 aliphatic heterocycles. The first-order valence-corrected chi connectivity index (χ1v) is 7.95. The monoisotopic (exact) mass is 277 g/mol. The molecule has 1 fully saturated rings. The maximum absolute atomic E-state index is 13.8. The molecule has 0 aromatic heterocycles. The van der Waals surface area contributed by atoms with E-state index in [-0.39, 0.29) is 5.82 Å². The van der Waals surface area contributed by atoms with Crippen molar-refractivity contribution in [2.75, 3.05) is 0 Å². The van der Waals surface area contributed by atoms with Gasteiger partial charge in [0.1, 0.15) is 5.82 Å². The molecule has 1 N–H and O–H groups in total. The van der Waals surface area contributed by atoms with E-state index >= 15 is 0 Å². The van der Waals surface area contributed by atoms with Crippen molar-refractivity contribution < 1.29 is 4.39 Å². The Morgan fingerprint density at radius 3 is 2.75 bits per heavy atom. The summed E-state index contributed by atoms with van der Waals surface area (Å²) < 4.78 is 13.8. The lowest BCUT2D eigenvalue weighted by Crippen LogP contribution is -2.42. The van der Waals surface area contributed by atoms with Crippen molar-refractivity contribution in [3.63, 3.8) is 0 Å². The van der Waals surface area contributed by atoms with Gasteiger partial charge in [0.05, 0.1) is 0 Å². The van der Waals surface area contributed by atoms with Crippen LogP contribution in [-0.2, 0) is 6.54 Å². The van der Waals surface area contributed by atoms with Gasteiger partial charge in [0.2, 0.25) is 0 Å². The van der Waals surface area contributed by atoms with Crippen LogP contribution in [0.2, 0.25) is 0 Å². The average Bonchev–Trinajstić information content (AvgIpc) is 2.39. The molecular weight excluding hydrogens is 249 g/mol. The summed E-state index contributed by atoms with van der Waals surface area (Å²) in [5.74, 6) is 2.11. The van der Waals surface area contributed by atoms with Gasteiger partial charge in [0.25, 0.3) is 0 Å². The van der Waals surface area contributed by atoms with E-state index in [1.165, 1.54) is 19.3 Å². The quantitative estimate of drug-likeness (QED) is 0.842. The third kappa shape index (κ3) is 3.82. The average molecular weight is 277 g/mol. The lowest BCUT2D eigenvalue weighted by atomic mass is 9.74. The zero-order chi connectivity index (χ0) is 14.7. The first-order valence-electron chi connectivity index (χ1n) is 7.95. The van der Waals surface area contributed by atoms with Crippen LogP contribution in [0.1, 0.15) is 51.2 Å². The lowest BCUT2D eigenvalue weighted by molar-refractivity contribution is 0.169. The van der Waals surface area contributed by atoms with E-state index in [1.54, 1.807) is 6.07 Å². The van der Waals surface area contributed by atoms with E-state index in [1.807, 2.05) is 19.1 Å². The molecule has 112 valence electrons.